The van der Waals surface area contributed by atoms with Crippen LogP contribution in [0.2, 0.25) is 0 Å². The zero-order valence-corrected chi connectivity index (χ0v) is 18.7. The maximum atomic E-state index is 12.0. The quantitative estimate of drug-likeness (QED) is 0.381. The van der Waals surface area contributed by atoms with Gasteiger partial charge in [-0.3, -0.25) is 4.57 Å². The molecule has 1 heterocycles. The number of H-pyrrole nitrogens is 1. The van der Waals surface area contributed by atoms with Crippen molar-refractivity contribution in [3.63, 3.8) is 0 Å². The van der Waals surface area contributed by atoms with Gasteiger partial charge < -0.3 is 10.1 Å². The third-order valence-corrected chi connectivity index (χ3v) is 6.43. The maximum Gasteiger partial charge on any atom is 0.326 e. The van der Waals surface area contributed by atoms with Gasteiger partial charge in [-0.05, 0) is 59.7 Å². The van der Waals surface area contributed by atoms with E-state index in [2.05, 4.69) is 44.0 Å². The Labute approximate surface area is 183 Å². The summed E-state index contributed by atoms with van der Waals surface area (Å²) < 4.78 is 1.93. The largest absolute Gasteiger partial charge is 0.508 e. The van der Waals surface area contributed by atoms with Gasteiger partial charge in [0.15, 0.2) is 0 Å². The molecule has 1 aliphatic carbocycles. The van der Waals surface area contributed by atoms with Crippen molar-refractivity contribution in [1.29, 1.82) is 0 Å². The molecule has 1 aromatic heterocycles. The van der Waals surface area contributed by atoms with Crippen LogP contribution in [-0.4, -0.2) is 14.7 Å². The second-order valence-corrected chi connectivity index (χ2v) is 8.66. The molecule has 1 atom stereocenters. The molecule has 4 aromatic rings. The molecule has 0 spiro atoms. The number of phenols is 1. The first-order chi connectivity index (χ1) is 15.0. The summed E-state index contributed by atoms with van der Waals surface area (Å²) in [5.74, 6) is 0.997. The van der Waals surface area contributed by atoms with E-state index >= 15 is 0 Å². The Morgan fingerprint density at radius 3 is 2.52 bits per heavy atom. The van der Waals surface area contributed by atoms with Gasteiger partial charge in [-0.15, -0.1) is 0 Å². The molecule has 4 heteroatoms. The lowest BCUT2D eigenvalue weighted by atomic mass is 10.0. The SMILES string of the molecule is CC1Cc2c(O)ccc3cccc1c23.CCCC(CCC)n1c(=O)[nH]c2ccccc21. The molecule has 0 amide bonds. The average Bonchev–Trinajstić information content (AvgIpc) is 3.29. The Bertz CT molecular complexity index is 1250. The van der Waals surface area contributed by atoms with Crippen LogP contribution >= 0.6 is 0 Å². The molecular formula is C27H32N2O2. The minimum atomic E-state index is 0.0260. The van der Waals surface area contributed by atoms with Crippen LogP contribution in [0.3, 0.4) is 0 Å². The minimum Gasteiger partial charge on any atom is -0.508 e. The molecule has 0 aliphatic heterocycles. The fraction of sp³-hybridized carbons (Fsp3) is 0.370. The second kappa shape index (κ2) is 9.01. The molecule has 0 saturated heterocycles. The van der Waals surface area contributed by atoms with Gasteiger partial charge in [-0.2, -0.15) is 0 Å². The number of hydrogen-bond donors (Lipinski definition) is 2. The molecule has 3 aromatic carbocycles. The van der Waals surface area contributed by atoms with Crippen LogP contribution in [0.25, 0.3) is 21.8 Å². The molecule has 0 bridgehead atoms. The number of aromatic amines is 1. The topological polar surface area (TPSA) is 58.0 Å². The highest BCUT2D eigenvalue weighted by molar-refractivity contribution is 5.93. The third kappa shape index (κ3) is 3.99. The Balaban J connectivity index is 0.000000151. The summed E-state index contributed by atoms with van der Waals surface area (Å²) in [6.45, 7) is 6.55. The number of benzene rings is 3. The Kier molecular flexibility index (Phi) is 6.17. The number of hydrogen-bond acceptors (Lipinski definition) is 2. The standard InChI is InChI=1S/C14H20N2O.C13H12O/c1-3-7-11(8-4-2)16-13-10-6-5-9-12(13)15-14(16)17;1-8-7-11-12(14)6-5-9-3-2-4-10(8)13(9)11/h5-6,9-11H,3-4,7-8H2,1-2H3,(H,15,17);2-6,8,14H,7H2,1H3. The van der Waals surface area contributed by atoms with Gasteiger partial charge in [-0.1, -0.05) is 70.0 Å². The monoisotopic (exact) mass is 416 g/mol. The third-order valence-electron chi connectivity index (χ3n) is 6.43. The summed E-state index contributed by atoms with van der Waals surface area (Å²) in [5, 5.41) is 12.3. The zero-order valence-electron chi connectivity index (χ0n) is 18.7. The first-order valence-electron chi connectivity index (χ1n) is 11.5. The molecule has 5 rings (SSSR count). The lowest BCUT2D eigenvalue weighted by Crippen LogP contribution is -2.22. The van der Waals surface area contributed by atoms with Crippen LogP contribution in [0.1, 0.15) is 69.5 Å². The molecule has 0 fully saturated rings. The zero-order chi connectivity index (χ0) is 22.0. The van der Waals surface area contributed by atoms with Gasteiger partial charge >= 0.3 is 5.69 Å². The van der Waals surface area contributed by atoms with Crippen LogP contribution in [0, 0.1) is 0 Å². The average molecular weight is 417 g/mol. The van der Waals surface area contributed by atoms with Gasteiger partial charge in [0.05, 0.1) is 11.0 Å². The molecule has 4 nitrogen and oxygen atoms in total. The number of nitrogens with zero attached hydrogens (tertiary/aromatic N) is 1. The van der Waals surface area contributed by atoms with E-state index in [0.29, 0.717) is 17.7 Å². The number of nitrogens with one attached hydrogen (secondary N) is 1. The predicted molar refractivity (Wildman–Crippen MR) is 129 cm³/mol. The molecule has 1 unspecified atom stereocenters. The van der Waals surface area contributed by atoms with E-state index < -0.39 is 0 Å². The van der Waals surface area contributed by atoms with Crippen molar-refractivity contribution in [2.75, 3.05) is 0 Å². The van der Waals surface area contributed by atoms with Gasteiger partial charge in [-0.25, -0.2) is 4.79 Å². The highest BCUT2D eigenvalue weighted by atomic mass is 16.3. The molecule has 162 valence electrons. The number of para-hydroxylation sites is 2. The van der Waals surface area contributed by atoms with Crippen molar-refractivity contribution >= 4 is 21.8 Å². The summed E-state index contributed by atoms with van der Waals surface area (Å²) in [4.78, 5) is 15.0. The summed E-state index contributed by atoms with van der Waals surface area (Å²) in [6, 6.07) is 18.4. The summed E-state index contributed by atoms with van der Waals surface area (Å²) in [5.41, 5.74) is 4.51. The minimum absolute atomic E-state index is 0.0260. The van der Waals surface area contributed by atoms with Crippen molar-refractivity contribution < 1.29 is 5.11 Å². The Morgan fingerprint density at radius 1 is 1.03 bits per heavy atom. The van der Waals surface area contributed by atoms with E-state index in [1.54, 1.807) is 6.07 Å². The smallest absolute Gasteiger partial charge is 0.326 e. The highest BCUT2D eigenvalue weighted by Gasteiger charge is 2.22. The van der Waals surface area contributed by atoms with E-state index in [-0.39, 0.29) is 5.69 Å². The van der Waals surface area contributed by atoms with Crippen molar-refractivity contribution in [1.82, 2.24) is 9.55 Å². The van der Waals surface area contributed by atoms with Crippen LogP contribution in [0.4, 0.5) is 0 Å². The summed E-state index contributed by atoms with van der Waals surface area (Å²) in [7, 11) is 0. The Morgan fingerprint density at radius 2 is 1.77 bits per heavy atom. The Hall–Kier alpha value is -3.01. The van der Waals surface area contributed by atoms with Crippen LogP contribution < -0.4 is 5.69 Å². The first-order valence-corrected chi connectivity index (χ1v) is 11.5. The summed E-state index contributed by atoms with van der Waals surface area (Å²) >= 11 is 0. The number of fused-ring (bicyclic) bond motifs is 1. The van der Waals surface area contributed by atoms with Crippen LogP contribution in [0.15, 0.2) is 59.4 Å². The number of aromatic nitrogens is 2. The predicted octanol–water partition coefficient (Wildman–Crippen LogP) is 6.68. The fourth-order valence-corrected chi connectivity index (χ4v) is 5.01. The van der Waals surface area contributed by atoms with Crippen LogP contribution in [0.5, 0.6) is 5.75 Å². The lowest BCUT2D eigenvalue weighted by molar-refractivity contribution is 0.427. The van der Waals surface area contributed by atoms with E-state index in [9.17, 15) is 9.90 Å². The second-order valence-electron chi connectivity index (χ2n) is 8.66. The van der Waals surface area contributed by atoms with E-state index in [1.807, 2.05) is 34.9 Å². The molecule has 2 N–H and O–H groups in total. The highest BCUT2D eigenvalue weighted by Crippen LogP contribution is 2.41. The number of imidazole rings is 1. The molecule has 0 radical (unpaired) electrons. The molecule has 0 saturated carbocycles. The number of rotatable bonds is 5. The molecular weight excluding hydrogens is 384 g/mol. The van der Waals surface area contributed by atoms with Crippen molar-refractivity contribution in [2.45, 2.75) is 64.8 Å². The number of aromatic hydroxyl groups is 1. The molecule has 1 aliphatic rings. The van der Waals surface area contributed by atoms with E-state index in [1.165, 1.54) is 16.3 Å². The first kappa shape index (κ1) is 21.2. The van der Waals surface area contributed by atoms with Gasteiger partial charge in [0.2, 0.25) is 0 Å². The fourth-order valence-electron chi connectivity index (χ4n) is 5.01. The normalized spacial score (nSPS) is 14.9. The van der Waals surface area contributed by atoms with Gasteiger partial charge in [0.1, 0.15) is 5.75 Å². The lowest BCUT2D eigenvalue weighted by Gasteiger charge is -2.17. The van der Waals surface area contributed by atoms with Gasteiger partial charge in [0, 0.05) is 11.6 Å². The number of phenolic OH excluding ortho intramolecular Hbond substituents is 1. The van der Waals surface area contributed by atoms with Crippen molar-refractivity contribution in [3.8, 4) is 5.75 Å². The van der Waals surface area contributed by atoms with E-state index in [4.69, 9.17) is 0 Å². The molecule has 31 heavy (non-hydrogen) atoms. The summed E-state index contributed by atoms with van der Waals surface area (Å²) in [6.07, 6.45) is 5.32. The van der Waals surface area contributed by atoms with Crippen molar-refractivity contribution in [2.24, 2.45) is 0 Å². The van der Waals surface area contributed by atoms with Gasteiger partial charge in [0.25, 0.3) is 0 Å². The van der Waals surface area contributed by atoms with Crippen molar-refractivity contribution in [3.05, 3.63) is 76.2 Å². The van der Waals surface area contributed by atoms with Crippen LogP contribution in [-0.2, 0) is 6.42 Å². The maximum absolute atomic E-state index is 12.0. The van der Waals surface area contributed by atoms with E-state index in [0.717, 1.165) is 48.7 Å².